The van der Waals surface area contributed by atoms with E-state index in [4.69, 9.17) is 23.3 Å². The van der Waals surface area contributed by atoms with E-state index in [0.717, 1.165) is 70.6 Å². The van der Waals surface area contributed by atoms with Crippen molar-refractivity contribution in [2.75, 3.05) is 33.0 Å². The van der Waals surface area contributed by atoms with Crippen molar-refractivity contribution < 1.29 is 42.5 Å². The number of hydrogen-bond acceptors (Lipinski definition) is 9. The van der Waals surface area contributed by atoms with Crippen LogP contribution < -0.4 is 0 Å². The average Bonchev–Trinajstić information content (AvgIpc) is 3.40. The van der Waals surface area contributed by atoms with Gasteiger partial charge in [0.15, 0.2) is 0 Å². The van der Waals surface area contributed by atoms with E-state index in [1.807, 2.05) is 0 Å². The summed E-state index contributed by atoms with van der Waals surface area (Å²) in [6.07, 6.45) is 57.0. The molecule has 0 radical (unpaired) electrons. The molecule has 1 atom stereocenters. The van der Waals surface area contributed by atoms with Gasteiger partial charge in [0.05, 0.1) is 0 Å². The van der Waals surface area contributed by atoms with Gasteiger partial charge in [-0.2, -0.15) is 0 Å². The molecular weight excluding hydrogens is 1020 g/mol. The third-order valence-electron chi connectivity index (χ3n) is 15.2. The second kappa shape index (κ2) is 57.9. The summed E-state index contributed by atoms with van der Waals surface area (Å²) in [4.78, 5) is 50.0. The SMILES string of the molecule is CCCCCCCCCCCCCCCCCC(=O)OCCOP(O)(=[Se])OCC(CCCC)(COC(=O)CCCCCCCCCCCCCCCCC)COC(=O)CCCCCCCCCCCCCCCCC. The van der Waals surface area contributed by atoms with Gasteiger partial charge in [-0.05, 0) is 0 Å². The summed E-state index contributed by atoms with van der Waals surface area (Å²) in [5.74, 6) is -0.775. The molecule has 0 saturated heterocycles. The van der Waals surface area contributed by atoms with Crippen LogP contribution in [0.2, 0.25) is 0 Å². The summed E-state index contributed by atoms with van der Waals surface area (Å²) in [6.45, 7) is 8.92. The first-order valence-corrected chi connectivity index (χ1v) is 36.5. The third-order valence-corrected chi connectivity index (χ3v) is 17.5. The van der Waals surface area contributed by atoms with Gasteiger partial charge in [0.1, 0.15) is 0 Å². The molecule has 0 amide bonds. The molecular formula is C64H125O9PSe. The molecule has 0 spiro atoms. The van der Waals surface area contributed by atoms with Gasteiger partial charge in [-0.1, -0.05) is 226 Å². The molecule has 0 aliphatic carbocycles. The fourth-order valence-electron chi connectivity index (χ4n) is 10.1. The minimum atomic E-state index is -3.47. The van der Waals surface area contributed by atoms with Crippen molar-refractivity contribution in [2.24, 2.45) is 5.41 Å². The predicted octanol–water partition coefficient (Wildman–Crippen LogP) is 20.4. The Labute approximate surface area is 473 Å². The Balaban J connectivity index is 4.85. The monoisotopic (exact) mass is 1150 g/mol. The Morgan fingerprint density at radius 2 is 0.560 bits per heavy atom. The Bertz CT molecular complexity index is 1230. The van der Waals surface area contributed by atoms with Crippen molar-refractivity contribution in [3.63, 3.8) is 0 Å². The number of rotatable bonds is 62. The van der Waals surface area contributed by atoms with Crippen molar-refractivity contribution in [2.45, 2.75) is 355 Å². The maximum absolute atomic E-state index is 13.1. The summed E-state index contributed by atoms with van der Waals surface area (Å²) in [5.41, 5.74) is -0.855. The molecule has 0 aliphatic heterocycles. The van der Waals surface area contributed by atoms with E-state index in [1.54, 1.807) is 0 Å². The molecule has 0 aliphatic rings. The van der Waals surface area contributed by atoms with Crippen LogP contribution in [-0.4, -0.2) is 70.9 Å². The topological polar surface area (TPSA) is 118 Å². The van der Waals surface area contributed by atoms with Gasteiger partial charge in [-0.3, -0.25) is 0 Å². The molecule has 0 rings (SSSR count). The number of carbonyl (C=O) groups excluding carboxylic acids is 3. The molecule has 11 heteroatoms. The first kappa shape index (κ1) is 74.2. The van der Waals surface area contributed by atoms with E-state index >= 15 is 0 Å². The van der Waals surface area contributed by atoms with Gasteiger partial charge in [0, 0.05) is 0 Å². The van der Waals surface area contributed by atoms with Crippen LogP contribution in [-0.2, 0) is 37.6 Å². The summed E-state index contributed by atoms with van der Waals surface area (Å²) in [6, 6.07) is 0. The van der Waals surface area contributed by atoms with E-state index in [1.165, 1.54) is 231 Å². The molecule has 75 heavy (non-hydrogen) atoms. The minimum absolute atomic E-state index is 0.0136. The Kier molecular flexibility index (Phi) is 57.3. The van der Waals surface area contributed by atoms with E-state index in [9.17, 15) is 19.3 Å². The fourth-order valence-corrected chi connectivity index (χ4v) is 11.7. The smallest absolute Gasteiger partial charge is 0.0654 e. The second-order valence-corrected chi connectivity index (χ2v) is 27.2. The normalized spacial score (nSPS) is 12.5. The van der Waals surface area contributed by atoms with Gasteiger partial charge in [0.25, 0.3) is 0 Å². The Morgan fingerprint density at radius 1 is 0.320 bits per heavy atom. The van der Waals surface area contributed by atoms with Crippen molar-refractivity contribution in [1.82, 2.24) is 0 Å². The predicted molar refractivity (Wildman–Crippen MR) is 320 cm³/mol. The van der Waals surface area contributed by atoms with Crippen LogP contribution in [0.1, 0.15) is 355 Å². The van der Waals surface area contributed by atoms with Gasteiger partial charge in [-0.15, -0.1) is 0 Å². The van der Waals surface area contributed by atoms with E-state index in [0.29, 0.717) is 25.7 Å². The Morgan fingerprint density at radius 3 is 0.827 bits per heavy atom. The number of carbonyl (C=O) groups is 3. The zero-order valence-electron chi connectivity index (χ0n) is 50.2. The summed E-state index contributed by atoms with van der Waals surface area (Å²) < 4.78 is 29.1. The van der Waals surface area contributed by atoms with Gasteiger partial charge in [0.2, 0.25) is 0 Å². The van der Waals surface area contributed by atoms with Crippen LogP contribution >= 0.6 is 6.19 Å². The fraction of sp³-hybridized carbons (Fsp3) is 0.953. The number of esters is 3. The average molecular weight is 1150 g/mol. The standard InChI is InChI=1S/C64H125O9PSe/c1-5-9-13-16-19-22-25-28-31-34-37-40-43-46-49-52-61(65)69-56-57-72-74(68,75)73-60-64(55-12-8-4,58-70-62(66)53-50-47-44-41-38-35-32-29-26-23-20-17-14-10-6-2)59-71-63(67)54-51-48-45-42-39-36-33-30-27-24-21-18-15-11-7-3/h5-60H2,1-4H3,(H,68,75). The van der Waals surface area contributed by atoms with E-state index < -0.39 is 11.6 Å². The number of ether oxygens (including phenoxy) is 3. The molecule has 0 saturated carbocycles. The number of hydrogen-bond donors (Lipinski definition) is 1. The molecule has 0 aromatic rings. The minimum Gasteiger partial charge on any atom is -0.0654 e. The summed E-state index contributed by atoms with van der Waals surface area (Å²) >= 11 is 2.69. The van der Waals surface area contributed by atoms with Crippen LogP contribution in [0, 0.1) is 5.41 Å². The van der Waals surface area contributed by atoms with Crippen LogP contribution in [0.3, 0.4) is 0 Å². The molecule has 0 bridgehead atoms. The molecule has 1 N–H and O–H groups in total. The summed E-state index contributed by atoms with van der Waals surface area (Å²) in [5, 5.41) is 0. The molecule has 0 aromatic carbocycles. The maximum atomic E-state index is 13.1. The molecule has 0 heterocycles. The Hall–Kier alpha value is -0.761. The van der Waals surface area contributed by atoms with Crippen LogP contribution in [0.5, 0.6) is 0 Å². The molecule has 0 aromatic heterocycles. The molecule has 446 valence electrons. The van der Waals surface area contributed by atoms with Crippen LogP contribution in [0.25, 0.3) is 0 Å². The van der Waals surface area contributed by atoms with Crippen molar-refractivity contribution in [3.05, 3.63) is 0 Å². The van der Waals surface area contributed by atoms with Crippen molar-refractivity contribution in [1.29, 1.82) is 0 Å². The number of unbranched alkanes of at least 4 members (excludes halogenated alkanes) is 43. The molecule has 1 unspecified atom stereocenters. The first-order chi connectivity index (χ1) is 36.6. The zero-order chi connectivity index (χ0) is 54.9. The van der Waals surface area contributed by atoms with Crippen LogP contribution in [0.4, 0.5) is 0 Å². The van der Waals surface area contributed by atoms with E-state index in [2.05, 4.69) is 42.8 Å². The van der Waals surface area contributed by atoms with Gasteiger partial charge < -0.3 is 0 Å². The van der Waals surface area contributed by atoms with Crippen molar-refractivity contribution in [3.8, 4) is 0 Å². The third kappa shape index (κ3) is 55.0. The van der Waals surface area contributed by atoms with Gasteiger partial charge >= 0.3 is 249 Å². The van der Waals surface area contributed by atoms with Crippen LogP contribution in [0.15, 0.2) is 0 Å². The van der Waals surface area contributed by atoms with E-state index in [-0.39, 0.29) is 50.9 Å². The van der Waals surface area contributed by atoms with Crippen molar-refractivity contribution >= 4 is 39.2 Å². The molecule has 0 fully saturated rings. The summed E-state index contributed by atoms with van der Waals surface area (Å²) in [7, 11) is 0. The quantitative estimate of drug-likeness (QED) is 0.0209. The zero-order valence-corrected chi connectivity index (χ0v) is 52.8. The second-order valence-electron chi connectivity index (χ2n) is 22.8. The first-order valence-electron chi connectivity index (χ1n) is 32.7. The van der Waals surface area contributed by atoms with Gasteiger partial charge in [-0.25, -0.2) is 0 Å². The molecule has 9 nitrogen and oxygen atoms in total.